The van der Waals surface area contributed by atoms with E-state index in [1.165, 1.54) is 11.3 Å². The third-order valence-corrected chi connectivity index (χ3v) is 7.29. The second-order valence-electron chi connectivity index (χ2n) is 8.96. The van der Waals surface area contributed by atoms with Gasteiger partial charge >= 0.3 is 5.97 Å². The third-order valence-electron chi connectivity index (χ3n) is 6.46. The first-order valence-electron chi connectivity index (χ1n) is 11.5. The van der Waals surface area contributed by atoms with E-state index in [0.717, 1.165) is 5.57 Å². The second kappa shape index (κ2) is 12.0. The summed E-state index contributed by atoms with van der Waals surface area (Å²) in [5.41, 5.74) is 2.18. The number of aliphatic hydroxyl groups excluding tert-OH is 3. The molecule has 0 fully saturated rings. The van der Waals surface area contributed by atoms with Crippen molar-refractivity contribution in [2.24, 2.45) is 11.8 Å². The molecule has 3 rings (SSSR count). The van der Waals surface area contributed by atoms with E-state index in [-0.39, 0.29) is 23.9 Å². The molecule has 2 heterocycles. The van der Waals surface area contributed by atoms with Crippen LogP contribution in [0.1, 0.15) is 56.7 Å². The smallest absolute Gasteiger partial charge is 0.309 e. The third kappa shape index (κ3) is 6.47. The van der Waals surface area contributed by atoms with Crippen LogP contribution in [0.3, 0.4) is 0 Å². The lowest BCUT2D eigenvalue weighted by atomic mass is 9.76. The van der Waals surface area contributed by atoms with Crippen LogP contribution in [0.15, 0.2) is 34.3 Å². The van der Waals surface area contributed by atoms with Gasteiger partial charge in [0.2, 0.25) is 0 Å². The summed E-state index contributed by atoms with van der Waals surface area (Å²) in [6.45, 7) is 2.61. The number of halogens is 1. The fourth-order valence-corrected chi connectivity index (χ4v) is 4.99. The van der Waals surface area contributed by atoms with Gasteiger partial charge in [0.05, 0.1) is 30.9 Å². The van der Waals surface area contributed by atoms with Crippen LogP contribution in [0.5, 0.6) is 0 Å². The number of aliphatic hydroxyl groups is 3. The predicted octanol–water partition coefficient (Wildman–Crippen LogP) is 3.29. The van der Waals surface area contributed by atoms with Gasteiger partial charge in [-0.05, 0) is 43.4 Å². The maximum Gasteiger partial charge on any atom is 0.309 e. The summed E-state index contributed by atoms with van der Waals surface area (Å²) in [4.78, 5) is 29.6. The molecule has 0 aromatic carbocycles. The number of nitrogens with zero attached hydrogens (tertiary/aromatic N) is 1. The van der Waals surface area contributed by atoms with Gasteiger partial charge in [-0.3, -0.25) is 9.59 Å². The van der Waals surface area contributed by atoms with E-state index in [4.69, 9.17) is 4.74 Å². The first-order valence-corrected chi connectivity index (χ1v) is 12.4. The summed E-state index contributed by atoms with van der Waals surface area (Å²) < 4.78 is 18.5. The molecule has 2 aliphatic rings. The molecule has 7 nitrogen and oxygen atoms in total. The molecule has 0 radical (unpaired) electrons. The predicted molar refractivity (Wildman–Crippen MR) is 126 cm³/mol. The van der Waals surface area contributed by atoms with E-state index >= 15 is 0 Å². The van der Waals surface area contributed by atoms with Crippen LogP contribution in [0.2, 0.25) is 0 Å². The van der Waals surface area contributed by atoms with Crippen LogP contribution >= 0.6 is 11.3 Å². The van der Waals surface area contributed by atoms with Gasteiger partial charge in [0, 0.05) is 29.2 Å². The highest BCUT2D eigenvalue weighted by Gasteiger charge is 2.38. The molecule has 0 amide bonds. The van der Waals surface area contributed by atoms with Crippen LogP contribution < -0.4 is 0 Å². The van der Waals surface area contributed by atoms with Crippen molar-refractivity contribution in [3.8, 4) is 0 Å². The number of alkyl halides is 1. The first kappa shape index (κ1) is 26.4. The number of hydrogen-bond acceptors (Lipinski definition) is 8. The van der Waals surface area contributed by atoms with E-state index in [2.05, 4.69) is 4.98 Å². The number of esters is 1. The molecule has 1 aromatic rings. The summed E-state index contributed by atoms with van der Waals surface area (Å²) in [5, 5.41) is 33.1. The van der Waals surface area contributed by atoms with E-state index in [0.29, 0.717) is 42.0 Å². The van der Waals surface area contributed by atoms with E-state index in [1.807, 2.05) is 6.08 Å². The highest BCUT2D eigenvalue weighted by Crippen LogP contribution is 2.32. The number of cyclic esters (lactones) is 1. The van der Waals surface area contributed by atoms with E-state index in [1.54, 1.807) is 31.4 Å². The number of thiazole rings is 1. The lowest BCUT2D eigenvalue weighted by Crippen LogP contribution is -2.40. The molecule has 0 saturated heterocycles. The van der Waals surface area contributed by atoms with Crippen LogP contribution in [0.25, 0.3) is 6.08 Å². The van der Waals surface area contributed by atoms with Gasteiger partial charge in [-0.25, -0.2) is 9.37 Å². The summed E-state index contributed by atoms with van der Waals surface area (Å²) in [6, 6.07) is 0. The Morgan fingerprint density at radius 2 is 2.12 bits per heavy atom. The Balaban J connectivity index is 1.88. The lowest BCUT2D eigenvalue weighted by Gasteiger charge is -2.32. The minimum atomic E-state index is -1.32. The molecule has 0 saturated carbocycles. The SMILES string of the molecule is C/C(=C\c1csc(CF)n1)[C@@H]1C/C=C(/CO)CCC[C@@H]2C=C(C(=O)[C@H](C)[C@H]2O)[C@@H](O)CC(=O)O1. The number of carbonyl (C=O) groups excluding carboxylic acids is 2. The fourth-order valence-electron chi connectivity index (χ4n) is 4.39. The second-order valence-corrected chi connectivity index (χ2v) is 9.91. The van der Waals surface area contributed by atoms with Crippen molar-refractivity contribution in [2.75, 3.05) is 6.61 Å². The number of ketones is 1. The summed E-state index contributed by atoms with van der Waals surface area (Å²) in [6.07, 6.45) is 4.07. The van der Waals surface area contributed by atoms with Crippen LogP contribution in [0.4, 0.5) is 4.39 Å². The largest absolute Gasteiger partial charge is 0.457 e. The molecule has 1 aliphatic heterocycles. The number of aromatic nitrogens is 1. The van der Waals surface area contributed by atoms with Gasteiger partial charge < -0.3 is 20.1 Å². The Hall–Kier alpha value is -2.20. The fraction of sp³-hybridized carbons (Fsp3) is 0.560. The average Bonchev–Trinajstić information content (AvgIpc) is 3.26. The van der Waals surface area contributed by atoms with Crippen molar-refractivity contribution in [1.29, 1.82) is 0 Å². The Kier molecular flexibility index (Phi) is 9.30. The molecule has 1 aromatic heterocycles. The minimum absolute atomic E-state index is 0.139. The number of hydrogen-bond donors (Lipinski definition) is 3. The van der Waals surface area contributed by atoms with Crippen molar-refractivity contribution >= 4 is 29.2 Å². The zero-order chi connectivity index (χ0) is 24.8. The standard InChI is InChI=1S/C25H32FNO6S/c1-14(8-18-13-34-22(11-26)27-18)21-7-6-16(12-28)4-3-5-17-9-19(20(29)10-23(30)33-21)25(32)15(2)24(17)31/h6,8-9,13,15,17,20-21,24,28-29,31H,3-5,7,10-12H2,1-2H3/b14-8+,16-6+/t15-,17-,20+,21+,24-/m1/s1. The Bertz CT molecular complexity index is 984. The van der Waals surface area contributed by atoms with Gasteiger partial charge in [0.1, 0.15) is 17.8 Å². The molecule has 34 heavy (non-hydrogen) atoms. The zero-order valence-corrected chi connectivity index (χ0v) is 20.3. The molecule has 186 valence electrons. The maximum atomic E-state index is 12.8. The Labute approximate surface area is 202 Å². The quantitative estimate of drug-likeness (QED) is 0.435. The van der Waals surface area contributed by atoms with Gasteiger partial charge in [-0.1, -0.05) is 19.1 Å². The van der Waals surface area contributed by atoms with Gasteiger partial charge in [0.25, 0.3) is 0 Å². The summed E-state index contributed by atoms with van der Waals surface area (Å²) >= 11 is 1.20. The zero-order valence-electron chi connectivity index (χ0n) is 19.4. The lowest BCUT2D eigenvalue weighted by molar-refractivity contribution is -0.149. The minimum Gasteiger partial charge on any atom is -0.457 e. The van der Waals surface area contributed by atoms with Gasteiger partial charge in [0.15, 0.2) is 5.78 Å². The molecule has 9 heteroatoms. The van der Waals surface area contributed by atoms with Crippen LogP contribution in [-0.4, -0.2) is 57.0 Å². The maximum absolute atomic E-state index is 12.8. The molecular formula is C25H32FNO6S. The van der Waals surface area contributed by atoms with Gasteiger partial charge in [-0.2, -0.15) is 0 Å². The molecule has 0 unspecified atom stereocenters. The van der Waals surface area contributed by atoms with Crippen molar-refractivity contribution in [2.45, 2.75) is 70.9 Å². The summed E-state index contributed by atoms with van der Waals surface area (Å²) in [5.74, 6) is -2.04. The molecule has 0 spiro atoms. The molecule has 5 atom stereocenters. The molecular weight excluding hydrogens is 461 g/mol. The van der Waals surface area contributed by atoms with E-state index < -0.39 is 43.3 Å². The molecule has 2 bridgehead atoms. The highest BCUT2D eigenvalue weighted by atomic mass is 32.1. The first-order chi connectivity index (χ1) is 16.2. The van der Waals surface area contributed by atoms with Crippen molar-refractivity contribution < 1.29 is 34.0 Å². The normalized spacial score (nSPS) is 31.2. The number of rotatable bonds is 4. The monoisotopic (exact) mass is 493 g/mol. The number of ether oxygens (including phenoxy) is 1. The van der Waals surface area contributed by atoms with Crippen LogP contribution in [0, 0.1) is 11.8 Å². The Morgan fingerprint density at radius 1 is 1.35 bits per heavy atom. The summed E-state index contributed by atoms with van der Waals surface area (Å²) in [7, 11) is 0. The average molecular weight is 494 g/mol. The molecule has 3 N–H and O–H groups in total. The molecule has 1 aliphatic carbocycles. The topological polar surface area (TPSA) is 117 Å². The van der Waals surface area contributed by atoms with Gasteiger partial charge in [-0.15, -0.1) is 11.3 Å². The number of Topliss-reactive ketones (excluding diaryl/α,β-unsaturated/α-hetero) is 1. The number of carbonyl (C=O) groups is 2. The van der Waals surface area contributed by atoms with Crippen molar-refractivity contribution in [3.63, 3.8) is 0 Å². The van der Waals surface area contributed by atoms with Crippen molar-refractivity contribution in [1.82, 2.24) is 4.98 Å². The Morgan fingerprint density at radius 3 is 2.79 bits per heavy atom. The number of fused-ring (bicyclic) bond motifs is 1. The van der Waals surface area contributed by atoms with Crippen LogP contribution in [-0.2, 0) is 21.0 Å². The van der Waals surface area contributed by atoms with E-state index in [9.17, 15) is 29.3 Å². The van der Waals surface area contributed by atoms with Crippen molar-refractivity contribution in [3.05, 3.63) is 45.0 Å². The highest BCUT2D eigenvalue weighted by molar-refractivity contribution is 7.09.